The number of nitrogens with one attached hydrogen (secondary N) is 1. The number of carbonyl (C=O) groups excluding carboxylic acids is 2. The first-order valence-corrected chi connectivity index (χ1v) is 14.1. The number of carbonyl (C=O) groups is 2. The van der Waals surface area contributed by atoms with Crippen LogP contribution in [0, 0.1) is 6.92 Å². The molecule has 1 N–H and O–H groups in total. The van der Waals surface area contributed by atoms with Crippen molar-refractivity contribution in [2.45, 2.75) is 59.0 Å². The summed E-state index contributed by atoms with van der Waals surface area (Å²) in [6, 6.07) is 13.8. The van der Waals surface area contributed by atoms with Crippen LogP contribution in [0.25, 0.3) is 0 Å². The van der Waals surface area contributed by atoms with Gasteiger partial charge in [0.25, 0.3) is 0 Å². The molecule has 0 aliphatic heterocycles. The van der Waals surface area contributed by atoms with Crippen molar-refractivity contribution in [2.24, 2.45) is 0 Å². The van der Waals surface area contributed by atoms with Gasteiger partial charge in [-0.2, -0.15) is 0 Å². The molecule has 2 rings (SSSR count). The molecule has 35 heavy (non-hydrogen) atoms. The van der Waals surface area contributed by atoms with E-state index in [0.717, 1.165) is 30.2 Å². The van der Waals surface area contributed by atoms with Gasteiger partial charge in [-0.25, -0.2) is 8.42 Å². The van der Waals surface area contributed by atoms with Gasteiger partial charge in [0, 0.05) is 31.1 Å². The van der Waals surface area contributed by atoms with Gasteiger partial charge in [0.05, 0.1) is 11.9 Å². The summed E-state index contributed by atoms with van der Waals surface area (Å²) in [5.74, 6) is -0.460. The molecule has 0 unspecified atom stereocenters. The van der Waals surface area contributed by atoms with Crippen LogP contribution in [0.5, 0.6) is 0 Å². The van der Waals surface area contributed by atoms with Gasteiger partial charge in [0.2, 0.25) is 21.8 Å². The van der Waals surface area contributed by atoms with E-state index in [1.807, 2.05) is 44.2 Å². The molecule has 0 heterocycles. The molecule has 0 saturated carbocycles. The van der Waals surface area contributed by atoms with Crippen molar-refractivity contribution >= 4 is 39.1 Å². The highest BCUT2D eigenvalue weighted by Crippen LogP contribution is 2.23. The number of benzene rings is 2. The molecular weight excluding hydrogens is 486 g/mol. The van der Waals surface area contributed by atoms with Crippen LogP contribution in [0.1, 0.15) is 50.7 Å². The minimum atomic E-state index is -3.53. The molecule has 0 saturated heterocycles. The first-order valence-electron chi connectivity index (χ1n) is 11.9. The fourth-order valence-corrected chi connectivity index (χ4v) is 4.97. The molecular formula is C26H36ClN3O4S. The third-order valence-electron chi connectivity index (χ3n) is 5.83. The summed E-state index contributed by atoms with van der Waals surface area (Å²) < 4.78 is 26.2. The zero-order chi connectivity index (χ0) is 26.0. The first-order chi connectivity index (χ1) is 16.6. The van der Waals surface area contributed by atoms with E-state index in [4.69, 9.17) is 11.6 Å². The quantitative estimate of drug-likeness (QED) is 0.392. The molecule has 0 aliphatic rings. The predicted molar refractivity (Wildman–Crippen MR) is 142 cm³/mol. The van der Waals surface area contributed by atoms with Crippen LogP contribution in [0.3, 0.4) is 0 Å². The summed E-state index contributed by atoms with van der Waals surface area (Å²) in [4.78, 5) is 27.6. The lowest BCUT2D eigenvalue weighted by Crippen LogP contribution is -2.48. The number of aryl methyl sites for hydroxylation is 1. The van der Waals surface area contributed by atoms with Crippen LogP contribution in [0.15, 0.2) is 48.5 Å². The van der Waals surface area contributed by atoms with Crippen LogP contribution in [0.2, 0.25) is 5.02 Å². The summed E-state index contributed by atoms with van der Waals surface area (Å²) in [5, 5.41) is 3.41. The molecule has 0 bridgehead atoms. The smallest absolute Gasteiger partial charge is 0.242 e. The normalized spacial score (nSPS) is 12.1. The van der Waals surface area contributed by atoms with Crippen molar-refractivity contribution in [3.8, 4) is 0 Å². The maximum atomic E-state index is 13.3. The lowest BCUT2D eigenvalue weighted by atomic mass is 10.1. The van der Waals surface area contributed by atoms with E-state index in [0.29, 0.717) is 23.7 Å². The van der Waals surface area contributed by atoms with Gasteiger partial charge < -0.3 is 10.2 Å². The van der Waals surface area contributed by atoms with Crippen LogP contribution < -0.4 is 9.62 Å². The maximum Gasteiger partial charge on any atom is 0.242 e. The highest BCUT2D eigenvalue weighted by atomic mass is 35.5. The molecule has 0 spiro atoms. The highest BCUT2D eigenvalue weighted by molar-refractivity contribution is 7.92. The van der Waals surface area contributed by atoms with Crippen molar-refractivity contribution in [1.29, 1.82) is 0 Å². The number of sulfonamides is 1. The second-order valence-electron chi connectivity index (χ2n) is 8.66. The molecule has 0 radical (unpaired) electrons. The Bertz CT molecular complexity index is 1110. The molecule has 0 fully saturated rings. The number of hydrogen-bond acceptors (Lipinski definition) is 4. The van der Waals surface area contributed by atoms with E-state index in [9.17, 15) is 18.0 Å². The van der Waals surface area contributed by atoms with E-state index >= 15 is 0 Å². The molecule has 2 aromatic carbocycles. The van der Waals surface area contributed by atoms with Crippen molar-refractivity contribution in [2.75, 3.05) is 23.7 Å². The topological polar surface area (TPSA) is 86.8 Å². The third-order valence-corrected chi connectivity index (χ3v) is 7.38. The molecule has 7 nitrogen and oxygen atoms in total. The molecule has 2 aromatic rings. The molecule has 2 amide bonds. The van der Waals surface area contributed by atoms with Crippen molar-refractivity contribution < 1.29 is 18.0 Å². The number of anilines is 1. The number of amides is 2. The van der Waals surface area contributed by atoms with E-state index in [2.05, 4.69) is 5.32 Å². The standard InChI is InChI=1S/C26H36ClN3O4S/c1-5-6-17-28-26(32)21(3)29(19-22-13-8-9-14-23(22)27)25(31)16-11-18-30(35(4,33)34)24-15-10-7-12-20(24)2/h7-10,12-15,21H,5-6,11,16-19H2,1-4H3,(H,28,32)/t21-/m1/s1. The van der Waals surface area contributed by atoms with Crippen molar-refractivity contribution in [1.82, 2.24) is 10.2 Å². The van der Waals surface area contributed by atoms with Gasteiger partial charge in [-0.15, -0.1) is 0 Å². The first kappa shape index (κ1) is 28.7. The fourth-order valence-electron chi connectivity index (χ4n) is 3.75. The van der Waals surface area contributed by atoms with Crippen LogP contribution in [-0.4, -0.2) is 50.5 Å². The highest BCUT2D eigenvalue weighted by Gasteiger charge is 2.27. The Morgan fingerprint density at radius 3 is 2.34 bits per heavy atom. The number of rotatable bonds is 13. The summed E-state index contributed by atoms with van der Waals surface area (Å²) in [7, 11) is -3.53. The average molecular weight is 522 g/mol. The van der Waals surface area contributed by atoms with Crippen molar-refractivity contribution in [3.63, 3.8) is 0 Å². The van der Waals surface area contributed by atoms with Gasteiger partial charge in [-0.05, 0) is 49.9 Å². The lowest BCUT2D eigenvalue weighted by Gasteiger charge is -2.30. The lowest BCUT2D eigenvalue weighted by molar-refractivity contribution is -0.140. The number of unbranched alkanes of at least 4 members (excludes halogenated alkanes) is 1. The average Bonchev–Trinajstić information content (AvgIpc) is 2.80. The molecule has 0 aliphatic carbocycles. The minimum absolute atomic E-state index is 0.0922. The molecule has 9 heteroatoms. The Hall–Kier alpha value is -2.58. The number of hydrogen-bond donors (Lipinski definition) is 1. The summed E-state index contributed by atoms with van der Waals surface area (Å²) in [6.07, 6.45) is 3.37. The van der Waals surface area contributed by atoms with Crippen LogP contribution in [0.4, 0.5) is 5.69 Å². The Morgan fingerprint density at radius 2 is 1.71 bits per heavy atom. The summed E-state index contributed by atoms with van der Waals surface area (Å²) >= 11 is 6.33. The fraction of sp³-hybridized carbons (Fsp3) is 0.462. The maximum absolute atomic E-state index is 13.3. The number of para-hydroxylation sites is 1. The van der Waals surface area contributed by atoms with Gasteiger partial charge in [0.15, 0.2) is 0 Å². The van der Waals surface area contributed by atoms with E-state index in [-0.39, 0.29) is 31.3 Å². The van der Waals surface area contributed by atoms with Gasteiger partial charge >= 0.3 is 0 Å². The Balaban J connectivity index is 2.16. The number of nitrogens with zero attached hydrogens (tertiary/aromatic N) is 2. The zero-order valence-electron chi connectivity index (χ0n) is 21.0. The molecule has 192 valence electrons. The van der Waals surface area contributed by atoms with Gasteiger partial charge in [-0.1, -0.05) is 61.3 Å². The van der Waals surface area contributed by atoms with Crippen LogP contribution in [-0.2, 0) is 26.2 Å². The zero-order valence-corrected chi connectivity index (χ0v) is 22.5. The summed E-state index contributed by atoms with van der Waals surface area (Å²) in [6.45, 7) is 6.49. The summed E-state index contributed by atoms with van der Waals surface area (Å²) in [5.41, 5.74) is 2.18. The second-order valence-corrected chi connectivity index (χ2v) is 11.0. The van der Waals surface area contributed by atoms with Gasteiger partial charge in [-0.3, -0.25) is 13.9 Å². The SMILES string of the molecule is CCCCNC(=O)[C@@H](C)N(Cc1ccccc1Cl)C(=O)CCCN(c1ccccc1C)S(C)(=O)=O. The Morgan fingerprint density at radius 1 is 1.06 bits per heavy atom. The van der Waals surface area contributed by atoms with E-state index < -0.39 is 16.1 Å². The van der Waals surface area contributed by atoms with E-state index in [1.54, 1.807) is 25.1 Å². The third kappa shape index (κ3) is 8.54. The van der Waals surface area contributed by atoms with Crippen molar-refractivity contribution in [3.05, 3.63) is 64.7 Å². The predicted octanol–water partition coefficient (Wildman–Crippen LogP) is 4.53. The Labute approximate surface area is 214 Å². The second kappa shape index (κ2) is 13.5. The minimum Gasteiger partial charge on any atom is -0.354 e. The number of halogens is 1. The van der Waals surface area contributed by atoms with Gasteiger partial charge in [0.1, 0.15) is 6.04 Å². The Kier molecular flexibility index (Phi) is 11.0. The largest absolute Gasteiger partial charge is 0.354 e. The molecule has 1 atom stereocenters. The monoisotopic (exact) mass is 521 g/mol. The van der Waals surface area contributed by atoms with Crippen LogP contribution >= 0.6 is 11.6 Å². The van der Waals surface area contributed by atoms with E-state index in [1.165, 1.54) is 9.21 Å². The molecule has 0 aromatic heterocycles.